The minimum atomic E-state index is 0.799. The van der Waals surface area contributed by atoms with Gasteiger partial charge in [0.05, 0.1) is 20.3 Å². The second-order valence-electron chi connectivity index (χ2n) is 6.08. The first-order valence-electron chi connectivity index (χ1n) is 8.07. The molecule has 4 heteroatoms. The van der Waals surface area contributed by atoms with Crippen molar-refractivity contribution < 1.29 is 19.3 Å². The van der Waals surface area contributed by atoms with Gasteiger partial charge in [-0.05, 0) is 31.5 Å². The molecule has 0 bridgehead atoms. The van der Waals surface area contributed by atoms with Gasteiger partial charge < -0.3 is 19.3 Å². The molecule has 1 aromatic rings. The van der Waals surface area contributed by atoms with E-state index in [1.54, 1.807) is 24.0 Å². The summed E-state index contributed by atoms with van der Waals surface area (Å²) in [5, 5.41) is 0. The molecule has 0 amide bonds. The summed E-state index contributed by atoms with van der Waals surface area (Å²) in [5.74, 6) is 1.64. The van der Waals surface area contributed by atoms with Crippen LogP contribution in [0.5, 0.6) is 11.5 Å². The molecule has 0 aromatic heterocycles. The first-order chi connectivity index (χ1) is 10.2. The highest BCUT2D eigenvalue weighted by molar-refractivity contribution is 5.42. The van der Waals surface area contributed by atoms with E-state index in [2.05, 4.69) is 26.0 Å². The Morgan fingerprint density at radius 3 is 2.29 bits per heavy atom. The summed E-state index contributed by atoms with van der Waals surface area (Å²) in [4.78, 5) is 3.45. The number of piperazine rings is 1. The molecular weight excluding hydrogens is 264 g/mol. The van der Waals surface area contributed by atoms with Gasteiger partial charge in [0.1, 0.15) is 32.7 Å². The van der Waals surface area contributed by atoms with Crippen molar-refractivity contribution in [3.05, 3.63) is 23.8 Å². The summed E-state index contributed by atoms with van der Waals surface area (Å²) in [6.07, 6.45) is 1.28. The molecule has 1 aliphatic rings. The van der Waals surface area contributed by atoms with Gasteiger partial charge in [0.2, 0.25) is 0 Å². The molecule has 0 saturated carbocycles. The van der Waals surface area contributed by atoms with Crippen LogP contribution in [0.3, 0.4) is 0 Å². The van der Waals surface area contributed by atoms with Crippen LogP contribution in [0.15, 0.2) is 18.2 Å². The molecule has 0 spiro atoms. The topological polar surface area (TPSA) is 27.3 Å². The predicted octanol–water partition coefficient (Wildman–Crippen LogP) is -0.214. The van der Waals surface area contributed by atoms with E-state index in [0.29, 0.717) is 0 Å². The van der Waals surface area contributed by atoms with Crippen molar-refractivity contribution in [3.63, 3.8) is 0 Å². The van der Waals surface area contributed by atoms with Crippen LogP contribution in [0.2, 0.25) is 0 Å². The molecular formula is C17H30N2O2+2. The predicted molar refractivity (Wildman–Crippen MR) is 84.4 cm³/mol. The van der Waals surface area contributed by atoms with Crippen LogP contribution in [0, 0.1) is 0 Å². The Labute approximate surface area is 128 Å². The van der Waals surface area contributed by atoms with Crippen LogP contribution in [0.25, 0.3) is 0 Å². The number of hydrogen-bond acceptors (Lipinski definition) is 2. The summed E-state index contributed by atoms with van der Waals surface area (Å²) < 4.78 is 10.7. The second kappa shape index (κ2) is 7.66. The molecule has 0 unspecified atom stereocenters. The Hall–Kier alpha value is -1.26. The van der Waals surface area contributed by atoms with Gasteiger partial charge in [-0.1, -0.05) is 6.92 Å². The maximum absolute atomic E-state index is 5.39. The number of benzene rings is 1. The van der Waals surface area contributed by atoms with E-state index in [1.807, 2.05) is 6.07 Å². The normalized spacial score (nSPS) is 23.6. The highest BCUT2D eigenvalue weighted by Gasteiger charge is 2.26. The molecule has 0 radical (unpaired) electrons. The molecule has 4 nitrogen and oxygen atoms in total. The van der Waals surface area contributed by atoms with Gasteiger partial charge >= 0.3 is 0 Å². The zero-order valence-electron chi connectivity index (χ0n) is 13.9. The molecule has 2 N–H and O–H groups in total. The number of methoxy groups -OCH3 is 2. The van der Waals surface area contributed by atoms with E-state index >= 15 is 0 Å². The molecule has 1 fully saturated rings. The molecule has 1 aromatic carbocycles. The monoisotopic (exact) mass is 294 g/mol. The lowest BCUT2D eigenvalue weighted by atomic mass is 10.1. The molecule has 118 valence electrons. The van der Waals surface area contributed by atoms with Crippen molar-refractivity contribution in [3.8, 4) is 11.5 Å². The Morgan fingerprint density at radius 2 is 1.71 bits per heavy atom. The summed E-state index contributed by atoms with van der Waals surface area (Å²) in [5.41, 5.74) is 1.33. The first kappa shape index (κ1) is 16.1. The lowest BCUT2D eigenvalue weighted by Gasteiger charge is -2.33. The van der Waals surface area contributed by atoms with Crippen LogP contribution in [-0.2, 0) is 6.54 Å². The number of quaternary nitrogens is 2. The lowest BCUT2D eigenvalue weighted by Crippen LogP contribution is -3.29. The summed E-state index contributed by atoms with van der Waals surface area (Å²) in [6, 6.07) is 7.07. The van der Waals surface area contributed by atoms with Gasteiger partial charge in [0.15, 0.2) is 11.5 Å². The number of nitrogens with one attached hydrogen (secondary N) is 2. The van der Waals surface area contributed by atoms with Crippen molar-refractivity contribution in [1.29, 1.82) is 0 Å². The van der Waals surface area contributed by atoms with Crippen LogP contribution in [0.1, 0.15) is 25.8 Å². The zero-order chi connectivity index (χ0) is 15.2. The summed E-state index contributed by atoms with van der Waals surface area (Å²) >= 11 is 0. The fourth-order valence-corrected chi connectivity index (χ4v) is 3.16. The SMILES string of the molecule is CC[C@H](C)[NH+]1CC[NH+](Cc2ccc(OC)c(OC)c2)CC1. The average Bonchev–Trinajstić information content (AvgIpc) is 2.54. The lowest BCUT2D eigenvalue weighted by molar-refractivity contribution is -1.03. The van der Waals surface area contributed by atoms with E-state index in [0.717, 1.165) is 24.1 Å². The maximum atomic E-state index is 5.39. The van der Waals surface area contributed by atoms with Crippen LogP contribution in [0.4, 0.5) is 0 Å². The maximum Gasteiger partial charge on any atom is 0.161 e. The molecule has 1 aliphatic heterocycles. The summed E-state index contributed by atoms with van der Waals surface area (Å²) in [6.45, 7) is 10.8. The van der Waals surface area contributed by atoms with Crippen molar-refractivity contribution in [2.24, 2.45) is 0 Å². The Balaban J connectivity index is 1.91. The average molecular weight is 294 g/mol. The third kappa shape index (κ3) is 4.11. The van der Waals surface area contributed by atoms with Crippen molar-refractivity contribution >= 4 is 0 Å². The number of rotatable bonds is 6. The van der Waals surface area contributed by atoms with Crippen LogP contribution in [-0.4, -0.2) is 46.4 Å². The minimum absolute atomic E-state index is 0.799. The van der Waals surface area contributed by atoms with E-state index in [1.165, 1.54) is 38.2 Å². The smallest absolute Gasteiger partial charge is 0.161 e. The Bertz CT molecular complexity index is 442. The van der Waals surface area contributed by atoms with Gasteiger partial charge in [-0.15, -0.1) is 0 Å². The fraction of sp³-hybridized carbons (Fsp3) is 0.647. The van der Waals surface area contributed by atoms with Crippen LogP contribution < -0.4 is 19.3 Å². The van der Waals surface area contributed by atoms with Crippen molar-refractivity contribution in [1.82, 2.24) is 0 Å². The Morgan fingerprint density at radius 1 is 1.05 bits per heavy atom. The largest absolute Gasteiger partial charge is 0.493 e. The van der Waals surface area contributed by atoms with Gasteiger partial charge in [-0.25, -0.2) is 0 Å². The third-order valence-corrected chi connectivity index (χ3v) is 4.81. The van der Waals surface area contributed by atoms with Gasteiger partial charge in [-0.3, -0.25) is 0 Å². The van der Waals surface area contributed by atoms with Gasteiger partial charge in [0.25, 0.3) is 0 Å². The highest BCUT2D eigenvalue weighted by atomic mass is 16.5. The third-order valence-electron chi connectivity index (χ3n) is 4.81. The quantitative estimate of drug-likeness (QED) is 0.759. The minimum Gasteiger partial charge on any atom is -0.493 e. The van der Waals surface area contributed by atoms with E-state index < -0.39 is 0 Å². The van der Waals surface area contributed by atoms with Crippen LogP contribution >= 0.6 is 0 Å². The second-order valence-corrected chi connectivity index (χ2v) is 6.08. The van der Waals surface area contributed by atoms with Crippen molar-refractivity contribution in [2.45, 2.75) is 32.9 Å². The molecule has 1 heterocycles. The first-order valence-corrected chi connectivity index (χ1v) is 8.07. The fourth-order valence-electron chi connectivity index (χ4n) is 3.16. The number of hydrogen-bond donors (Lipinski definition) is 2. The van der Waals surface area contributed by atoms with Crippen molar-refractivity contribution in [2.75, 3.05) is 40.4 Å². The molecule has 21 heavy (non-hydrogen) atoms. The molecule has 1 saturated heterocycles. The van der Waals surface area contributed by atoms with Gasteiger partial charge in [0, 0.05) is 5.56 Å². The molecule has 2 rings (SSSR count). The molecule has 1 atom stereocenters. The zero-order valence-corrected chi connectivity index (χ0v) is 13.9. The number of ether oxygens (including phenoxy) is 2. The summed E-state index contributed by atoms with van der Waals surface area (Å²) in [7, 11) is 3.38. The van der Waals surface area contributed by atoms with E-state index in [4.69, 9.17) is 9.47 Å². The van der Waals surface area contributed by atoms with Gasteiger partial charge in [-0.2, -0.15) is 0 Å². The van der Waals surface area contributed by atoms with E-state index in [-0.39, 0.29) is 0 Å². The standard InChI is InChI=1S/C17H28N2O2/c1-5-14(2)19-10-8-18(9-11-19)13-15-6-7-16(20-3)17(12-15)21-4/h6-7,12,14H,5,8-11,13H2,1-4H3/p+2/t14-/m0/s1. The highest BCUT2D eigenvalue weighted by Crippen LogP contribution is 2.27. The molecule has 0 aliphatic carbocycles. The van der Waals surface area contributed by atoms with E-state index in [9.17, 15) is 0 Å². The Kier molecular flexibility index (Phi) is 5.88.